The number of hydrogen-bond donors (Lipinski definition) is 1. The van der Waals surface area contributed by atoms with Crippen molar-refractivity contribution < 1.29 is 14.6 Å². The van der Waals surface area contributed by atoms with Crippen LogP contribution in [0.1, 0.15) is 0 Å². The maximum atomic E-state index is 10.1. The predicted molar refractivity (Wildman–Crippen MR) is 50.3 cm³/mol. The van der Waals surface area contributed by atoms with Gasteiger partial charge in [-0.05, 0) is 24.3 Å². The van der Waals surface area contributed by atoms with Gasteiger partial charge in [0.25, 0.3) is 0 Å². The van der Waals surface area contributed by atoms with E-state index in [1.54, 1.807) is 24.3 Å². The predicted octanol–water partition coefficient (Wildman–Crippen LogP) is 1.42. The van der Waals surface area contributed by atoms with E-state index >= 15 is 0 Å². The second-order valence-electron chi connectivity index (χ2n) is 2.14. The van der Waals surface area contributed by atoms with Gasteiger partial charge in [-0.3, -0.25) is 0 Å². The molecular weight excluding hydrogens is 220 g/mol. The third-order valence-corrected chi connectivity index (χ3v) is 1.43. The van der Waals surface area contributed by atoms with Crippen molar-refractivity contribution in [3.63, 3.8) is 0 Å². The van der Waals surface area contributed by atoms with Crippen LogP contribution in [0.25, 0.3) is 0 Å². The Morgan fingerprint density at radius 3 is 2.38 bits per heavy atom. The van der Waals surface area contributed by atoms with Gasteiger partial charge in [0.1, 0.15) is 5.75 Å². The summed E-state index contributed by atoms with van der Waals surface area (Å²) in [5, 5.41) is 8.87. The topological polar surface area (TPSA) is 46.5 Å². The average molecular weight is 227 g/mol. The van der Waals surface area contributed by atoms with Crippen LogP contribution in [-0.2, 0) is 4.79 Å². The van der Waals surface area contributed by atoms with Crippen molar-refractivity contribution in [2.45, 2.75) is 0 Å². The smallest absolute Gasteiger partial charge is 0.482 e. The van der Waals surface area contributed by atoms with E-state index in [0.29, 0.717) is 10.8 Å². The van der Waals surface area contributed by atoms with E-state index in [-0.39, 0.29) is 44.3 Å². The van der Waals surface area contributed by atoms with Crippen molar-refractivity contribution >= 4 is 55.3 Å². The summed E-state index contributed by atoms with van der Waals surface area (Å²) in [6, 6.07) is 6.51. The molecule has 1 N–H and O–H groups in total. The molecule has 0 unspecified atom stereocenters. The Balaban J connectivity index is 0.00000144. The largest absolute Gasteiger partial charge is 2.00 e. The maximum absolute atomic E-state index is 10.1. The summed E-state index contributed by atoms with van der Waals surface area (Å²) in [7, 11) is 0. The van der Waals surface area contributed by atoms with Gasteiger partial charge in [0.15, 0.2) is 6.61 Å². The number of rotatable bonds is 3. The van der Waals surface area contributed by atoms with Crippen molar-refractivity contribution in [2.75, 3.05) is 6.61 Å². The molecule has 13 heavy (non-hydrogen) atoms. The van der Waals surface area contributed by atoms with Gasteiger partial charge in [0.2, 0.25) is 0 Å². The fraction of sp³-hybridized carbons (Fsp3) is 0.125. The Morgan fingerprint density at radius 1 is 1.38 bits per heavy atom. The quantitative estimate of drug-likeness (QED) is 0.793. The Morgan fingerprint density at radius 2 is 1.92 bits per heavy atom. The molecule has 0 amide bonds. The number of benzene rings is 1. The average Bonchev–Trinajstić information content (AvgIpc) is 2.03. The van der Waals surface area contributed by atoms with Crippen molar-refractivity contribution in [3.8, 4) is 5.75 Å². The van der Waals surface area contributed by atoms with Crippen LogP contribution >= 0.6 is 11.6 Å². The number of ether oxygens (including phenoxy) is 1. The third kappa shape index (κ3) is 5.37. The van der Waals surface area contributed by atoms with Crippen LogP contribution in [0.3, 0.4) is 0 Å². The molecule has 0 bridgehead atoms. The molecule has 0 heterocycles. The van der Waals surface area contributed by atoms with E-state index in [1.165, 1.54) is 0 Å². The minimum atomic E-state index is -0.995. The van der Waals surface area contributed by atoms with Gasteiger partial charge in [0.05, 0.1) is 0 Å². The van der Waals surface area contributed by atoms with Gasteiger partial charge in [-0.2, -0.15) is 0 Å². The van der Waals surface area contributed by atoms with Gasteiger partial charge in [-0.25, -0.2) is 4.79 Å². The molecule has 0 atom stereocenters. The molecule has 3 nitrogen and oxygen atoms in total. The van der Waals surface area contributed by atoms with Crippen LogP contribution in [-0.4, -0.2) is 55.4 Å². The maximum Gasteiger partial charge on any atom is 2.00 e. The van der Waals surface area contributed by atoms with Crippen molar-refractivity contribution in [3.05, 3.63) is 29.3 Å². The van der Waals surface area contributed by atoms with Gasteiger partial charge in [-0.15, -0.1) is 0 Å². The molecule has 64 valence electrons. The molecule has 0 radical (unpaired) electrons. The molecule has 0 aromatic heterocycles. The molecule has 0 aliphatic rings. The fourth-order valence-corrected chi connectivity index (χ4v) is 0.802. The van der Waals surface area contributed by atoms with E-state index in [2.05, 4.69) is 0 Å². The van der Waals surface area contributed by atoms with Crippen LogP contribution in [0, 0.1) is 0 Å². The molecule has 0 fully saturated rings. The summed E-state index contributed by atoms with van der Waals surface area (Å²) in [6.07, 6.45) is 0. The Bertz CT molecular complexity index is 273. The molecule has 5 heteroatoms. The van der Waals surface area contributed by atoms with Gasteiger partial charge < -0.3 is 9.84 Å². The van der Waals surface area contributed by atoms with E-state index < -0.39 is 5.97 Å². The van der Waals surface area contributed by atoms with Crippen molar-refractivity contribution in [2.24, 2.45) is 0 Å². The SMILES string of the molecule is O=C(O)COc1ccc(Cl)cc1.[Ca+2]. The number of aliphatic carboxylic acids is 1. The summed E-state index contributed by atoms with van der Waals surface area (Å²) >= 11 is 5.60. The molecule has 0 saturated heterocycles. The molecule has 1 aromatic carbocycles. The molecule has 0 aliphatic carbocycles. The molecule has 0 spiro atoms. The van der Waals surface area contributed by atoms with E-state index in [0.717, 1.165) is 0 Å². The van der Waals surface area contributed by atoms with Gasteiger partial charge in [0, 0.05) is 5.02 Å². The van der Waals surface area contributed by atoms with E-state index in [1.807, 2.05) is 0 Å². The zero-order chi connectivity index (χ0) is 8.97. The summed E-state index contributed by atoms with van der Waals surface area (Å²) in [6.45, 7) is -0.332. The zero-order valence-corrected chi connectivity index (χ0v) is 9.83. The summed E-state index contributed by atoms with van der Waals surface area (Å²) in [5.74, 6) is -0.494. The number of carboxylic acids is 1. The van der Waals surface area contributed by atoms with Crippen LogP contribution in [0.5, 0.6) is 5.75 Å². The van der Waals surface area contributed by atoms with E-state index in [9.17, 15) is 4.79 Å². The first-order valence-corrected chi connectivity index (χ1v) is 3.66. The number of halogens is 1. The van der Waals surface area contributed by atoms with Gasteiger partial charge >= 0.3 is 43.7 Å². The normalized spacial score (nSPS) is 8.69. The molecule has 0 saturated carbocycles. The monoisotopic (exact) mass is 226 g/mol. The second kappa shape index (κ2) is 6.49. The van der Waals surface area contributed by atoms with Crippen molar-refractivity contribution in [1.82, 2.24) is 0 Å². The molecule has 0 aliphatic heterocycles. The molecule has 1 rings (SSSR count). The first-order valence-electron chi connectivity index (χ1n) is 3.28. The third-order valence-electron chi connectivity index (χ3n) is 1.18. The number of carboxylic acid groups (broad SMARTS) is 1. The molecular formula is C8H7CaClO3+2. The Labute approximate surface area is 111 Å². The fourth-order valence-electron chi connectivity index (χ4n) is 0.676. The summed E-state index contributed by atoms with van der Waals surface area (Å²) in [4.78, 5) is 10.1. The first-order chi connectivity index (χ1) is 5.68. The van der Waals surface area contributed by atoms with Crippen LogP contribution in [0.4, 0.5) is 0 Å². The van der Waals surface area contributed by atoms with Crippen LogP contribution < -0.4 is 4.74 Å². The Hall–Kier alpha value is 0.0397. The second-order valence-corrected chi connectivity index (χ2v) is 2.57. The number of carbonyl (C=O) groups is 1. The zero-order valence-electron chi connectivity index (χ0n) is 6.87. The summed E-state index contributed by atoms with van der Waals surface area (Å²) < 4.78 is 4.86. The van der Waals surface area contributed by atoms with Crippen molar-refractivity contribution in [1.29, 1.82) is 0 Å². The van der Waals surface area contributed by atoms with Crippen LogP contribution in [0.2, 0.25) is 5.02 Å². The summed E-state index contributed by atoms with van der Waals surface area (Å²) in [5.41, 5.74) is 0. The first kappa shape index (κ1) is 13.0. The minimum absolute atomic E-state index is 0. The number of hydrogen-bond acceptors (Lipinski definition) is 2. The molecule has 1 aromatic rings. The minimum Gasteiger partial charge on any atom is -0.482 e. The van der Waals surface area contributed by atoms with Crippen LogP contribution in [0.15, 0.2) is 24.3 Å². The van der Waals surface area contributed by atoms with E-state index in [4.69, 9.17) is 21.4 Å². The Kier molecular flexibility index (Phi) is 6.51. The van der Waals surface area contributed by atoms with Gasteiger partial charge in [-0.1, -0.05) is 11.6 Å². The standard InChI is InChI=1S/C8H7ClO3.Ca/c9-6-1-3-7(4-2-6)12-5-8(10)11;/h1-4H,5H2,(H,10,11);/q;+2.